The second-order valence-electron chi connectivity index (χ2n) is 6.33. The largest absolute Gasteiger partial charge is 0.351 e. The summed E-state index contributed by atoms with van der Waals surface area (Å²) in [5.74, 6) is 0.553. The third-order valence-corrected chi connectivity index (χ3v) is 4.79. The van der Waals surface area contributed by atoms with E-state index in [0.717, 1.165) is 16.7 Å². The van der Waals surface area contributed by atoms with Gasteiger partial charge in [-0.15, -0.1) is 0 Å². The summed E-state index contributed by atoms with van der Waals surface area (Å²) in [5.41, 5.74) is 9.55. The number of primary amides is 1. The van der Waals surface area contributed by atoms with Gasteiger partial charge in [0.2, 0.25) is 0 Å². The third kappa shape index (κ3) is 3.95. The molecule has 0 spiro atoms. The van der Waals surface area contributed by atoms with E-state index in [-0.39, 0.29) is 0 Å². The fraction of sp³-hybridized carbons (Fsp3) is 0. The van der Waals surface area contributed by atoms with E-state index in [1.54, 1.807) is 24.5 Å². The zero-order valence-electron chi connectivity index (χ0n) is 15.4. The maximum atomic E-state index is 11.9. The predicted molar refractivity (Wildman–Crippen MR) is 116 cm³/mol. The molecule has 1 aromatic heterocycles. The van der Waals surface area contributed by atoms with Crippen LogP contribution in [0.1, 0.15) is 0 Å². The van der Waals surface area contributed by atoms with E-state index in [1.807, 2.05) is 66.7 Å². The zero-order chi connectivity index (χ0) is 20.2. The zero-order valence-corrected chi connectivity index (χ0v) is 16.1. The maximum absolute atomic E-state index is 11.9. The minimum atomic E-state index is -0.600. The molecule has 0 aliphatic heterocycles. The Bertz CT molecular complexity index is 1130. The molecule has 0 saturated heterocycles. The number of hydrogen-bond acceptors (Lipinski definition) is 3. The van der Waals surface area contributed by atoms with Crippen molar-refractivity contribution >= 4 is 29.0 Å². The van der Waals surface area contributed by atoms with Gasteiger partial charge in [-0.05, 0) is 23.8 Å². The number of nitrogens with two attached hydrogens (primary N) is 1. The molecule has 0 saturated carbocycles. The van der Waals surface area contributed by atoms with E-state index in [9.17, 15) is 4.79 Å². The van der Waals surface area contributed by atoms with Gasteiger partial charge in [-0.25, -0.2) is 14.8 Å². The van der Waals surface area contributed by atoms with Gasteiger partial charge in [-0.3, -0.25) is 4.90 Å². The molecular weight excluding hydrogens is 384 g/mol. The van der Waals surface area contributed by atoms with Gasteiger partial charge in [0.15, 0.2) is 5.82 Å². The summed E-state index contributed by atoms with van der Waals surface area (Å²) in [4.78, 5) is 22.1. The first kappa shape index (κ1) is 18.7. The fourth-order valence-corrected chi connectivity index (χ4v) is 3.31. The average Bonchev–Trinajstić information content (AvgIpc) is 2.75. The van der Waals surface area contributed by atoms with Crippen molar-refractivity contribution in [1.29, 1.82) is 0 Å². The molecule has 2 amide bonds. The standard InChI is InChI=1S/C23H17ClN4O/c24-21-9-5-4-8-20(21)16-10-12-17(13-11-16)22-26-14-19(15-27-22)28(23(25)29)18-6-2-1-3-7-18/h1-15H,(H2,25,29). The number of carbonyl (C=O) groups is 1. The van der Waals surface area contributed by atoms with Gasteiger partial charge in [0.05, 0.1) is 23.8 Å². The molecule has 1 heterocycles. The van der Waals surface area contributed by atoms with Gasteiger partial charge in [-0.1, -0.05) is 72.3 Å². The lowest BCUT2D eigenvalue weighted by atomic mass is 10.0. The normalized spacial score (nSPS) is 10.5. The Morgan fingerprint density at radius 1 is 0.759 bits per heavy atom. The van der Waals surface area contributed by atoms with Crippen LogP contribution in [0.5, 0.6) is 0 Å². The highest BCUT2D eigenvalue weighted by molar-refractivity contribution is 6.33. The Hall–Kier alpha value is -3.70. The first-order valence-corrected chi connectivity index (χ1v) is 9.33. The molecule has 6 heteroatoms. The number of urea groups is 1. The van der Waals surface area contributed by atoms with Gasteiger partial charge >= 0.3 is 6.03 Å². The van der Waals surface area contributed by atoms with Crippen molar-refractivity contribution in [2.75, 3.05) is 4.90 Å². The number of carbonyl (C=O) groups excluding carboxylic acids is 1. The lowest BCUT2D eigenvalue weighted by molar-refractivity contribution is 0.256. The van der Waals surface area contributed by atoms with E-state index in [4.69, 9.17) is 17.3 Å². The van der Waals surface area contributed by atoms with Crippen LogP contribution in [-0.4, -0.2) is 16.0 Å². The molecule has 4 rings (SSSR count). The summed E-state index contributed by atoms with van der Waals surface area (Å²) in [6.07, 6.45) is 3.17. The topological polar surface area (TPSA) is 72.1 Å². The Morgan fingerprint density at radius 2 is 1.34 bits per heavy atom. The SMILES string of the molecule is NC(=O)N(c1ccccc1)c1cnc(-c2ccc(-c3ccccc3Cl)cc2)nc1. The van der Waals surface area contributed by atoms with Crippen LogP contribution in [0.15, 0.2) is 91.3 Å². The van der Waals surface area contributed by atoms with Gasteiger partial charge in [0.1, 0.15) is 0 Å². The van der Waals surface area contributed by atoms with Crippen molar-refractivity contribution in [3.05, 3.63) is 96.3 Å². The minimum absolute atomic E-state index is 0.500. The van der Waals surface area contributed by atoms with Crippen molar-refractivity contribution < 1.29 is 4.79 Å². The molecule has 2 N–H and O–H groups in total. The van der Waals surface area contributed by atoms with Crippen LogP contribution in [0.25, 0.3) is 22.5 Å². The van der Waals surface area contributed by atoms with Crippen LogP contribution >= 0.6 is 11.6 Å². The second-order valence-corrected chi connectivity index (χ2v) is 6.74. The summed E-state index contributed by atoms with van der Waals surface area (Å²) in [7, 11) is 0. The second kappa shape index (κ2) is 8.12. The van der Waals surface area contributed by atoms with Crippen LogP contribution in [0.4, 0.5) is 16.2 Å². The molecule has 29 heavy (non-hydrogen) atoms. The van der Waals surface area contributed by atoms with E-state index in [2.05, 4.69) is 9.97 Å². The Morgan fingerprint density at radius 3 is 1.97 bits per heavy atom. The number of hydrogen-bond donors (Lipinski definition) is 1. The van der Waals surface area contributed by atoms with E-state index < -0.39 is 6.03 Å². The molecule has 0 bridgehead atoms. The predicted octanol–water partition coefficient (Wildman–Crippen LogP) is 5.68. The van der Waals surface area contributed by atoms with Crippen LogP contribution in [0.3, 0.4) is 0 Å². The van der Waals surface area contributed by atoms with Crippen molar-refractivity contribution in [1.82, 2.24) is 9.97 Å². The lowest BCUT2D eigenvalue weighted by Gasteiger charge is -2.19. The van der Waals surface area contributed by atoms with Gasteiger partial charge < -0.3 is 5.73 Å². The summed E-state index contributed by atoms with van der Waals surface area (Å²) < 4.78 is 0. The molecule has 5 nitrogen and oxygen atoms in total. The number of amides is 2. The van der Waals surface area contributed by atoms with Crippen molar-refractivity contribution in [2.45, 2.75) is 0 Å². The van der Waals surface area contributed by atoms with Gasteiger partial charge in [0, 0.05) is 16.1 Å². The first-order valence-electron chi connectivity index (χ1n) is 8.95. The minimum Gasteiger partial charge on any atom is -0.351 e. The number of benzene rings is 3. The maximum Gasteiger partial charge on any atom is 0.323 e. The van der Waals surface area contributed by atoms with E-state index in [1.165, 1.54) is 4.90 Å². The van der Waals surface area contributed by atoms with Crippen LogP contribution in [0, 0.1) is 0 Å². The number of anilines is 2. The van der Waals surface area contributed by atoms with E-state index >= 15 is 0 Å². The Balaban J connectivity index is 1.61. The Labute approximate surface area is 173 Å². The molecule has 0 unspecified atom stereocenters. The molecule has 0 aliphatic rings. The molecule has 3 aromatic carbocycles. The van der Waals surface area contributed by atoms with E-state index in [0.29, 0.717) is 22.2 Å². The molecule has 4 aromatic rings. The average molecular weight is 401 g/mol. The Kier molecular flexibility index (Phi) is 5.22. The fourth-order valence-electron chi connectivity index (χ4n) is 3.06. The molecule has 142 valence electrons. The summed E-state index contributed by atoms with van der Waals surface area (Å²) in [6, 6.07) is 24.1. The quantitative estimate of drug-likeness (QED) is 0.479. The van der Waals surface area contributed by atoms with Crippen LogP contribution in [-0.2, 0) is 0 Å². The molecular formula is C23H17ClN4O. The molecule has 0 atom stereocenters. The van der Waals surface area contributed by atoms with Crippen molar-refractivity contribution in [2.24, 2.45) is 5.73 Å². The number of halogens is 1. The van der Waals surface area contributed by atoms with Gasteiger partial charge in [0.25, 0.3) is 0 Å². The smallest absolute Gasteiger partial charge is 0.323 e. The van der Waals surface area contributed by atoms with Crippen molar-refractivity contribution in [3.63, 3.8) is 0 Å². The number of rotatable bonds is 4. The first-order chi connectivity index (χ1) is 14.1. The highest BCUT2D eigenvalue weighted by atomic mass is 35.5. The van der Waals surface area contributed by atoms with Crippen molar-refractivity contribution in [3.8, 4) is 22.5 Å². The van der Waals surface area contributed by atoms with Crippen LogP contribution < -0.4 is 10.6 Å². The lowest BCUT2D eigenvalue weighted by Crippen LogP contribution is -2.31. The third-order valence-electron chi connectivity index (χ3n) is 4.46. The molecule has 0 radical (unpaired) electrons. The molecule has 0 fully saturated rings. The van der Waals surface area contributed by atoms with Crippen LogP contribution in [0.2, 0.25) is 5.02 Å². The number of nitrogens with zero attached hydrogens (tertiary/aromatic N) is 3. The summed E-state index contributed by atoms with van der Waals surface area (Å²) >= 11 is 6.27. The monoisotopic (exact) mass is 400 g/mol. The summed E-state index contributed by atoms with van der Waals surface area (Å²) in [6.45, 7) is 0. The summed E-state index contributed by atoms with van der Waals surface area (Å²) in [5, 5.41) is 0.702. The number of aromatic nitrogens is 2. The van der Waals surface area contributed by atoms with Gasteiger partial charge in [-0.2, -0.15) is 0 Å². The molecule has 0 aliphatic carbocycles. The highest BCUT2D eigenvalue weighted by Crippen LogP contribution is 2.29. The highest BCUT2D eigenvalue weighted by Gasteiger charge is 2.16. The number of para-hydroxylation sites is 1.